The van der Waals surface area contributed by atoms with Crippen molar-refractivity contribution >= 4 is 28.6 Å². The minimum atomic E-state index is -0.603. The van der Waals surface area contributed by atoms with Crippen molar-refractivity contribution in [3.05, 3.63) is 70.9 Å². The third-order valence-electron chi connectivity index (χ3n) is 6.15. The maximum atomic E-state index is 12.9. The lowest BCUT2D eigenvalue weighted by molar-refractivity contribution is -0.127. The molecule has 2 aliphatic rings. The first-order valence-electron chi connectivity index (χ1n) is 9.92. The molecule has 1 unspecified atom stereocenters. The van der Waals surface area contributed by atoms with Gasteiger partial charge in [-0.3, -0.25) is 14.5 Å². The molecule has 1 aromatic heterocycles. The zero-order valence-corrected chi connectivity index (χ0v) is 16.5. The number of rotatable bonds is 4. The number of nitrogens with zero attached hydrogens (tertiary/aromatic N) is 3. The molecule has 3 amide bonds. The third kappa shape index (κ3) is 2.59. The molecule has 0 spiro atoms. The number of likely N-dealkylation sites (N-methyl/N-ethyl adjacent to an activating group) is 1. The fraction of sp³-hybridized carbons (Fsp3) is 0.261. The minimum Gasteiger partial charge on any atom is -0.388 e. The summed E-state index contributed by atoms with van der Waals surface area (Å²) in [5, 5.41) is 10.2. The van der Waals surface area contributed by atoms with Gasteiger partial charge in [0.05, 0.1) is 5.69 Å². The van der Waals surface area contributed by atoms with Crippen molar-refractivity contribution in [2.75, 3.05) is 20.2 Å². The summed E-state index contributed by atoms with van der Waals surface area (Å²) in [4.78, 5) is 40.0. The highest BCUT2D eigenvalue weighted by Gasteiger charge is 2.48. The van der Waals surface area contributed by atoms with Gasteiger partial charge < -0.3 is 14.6 Å². The number of ketones is 1. The Balaban J connectivity index is 1.63. The van der Waals surface area contributed by atoms with Crippen molar-refractivity contribution in [1.82, 2.24) is 14.4 Å². The van der Waals surface area contributed by atoms with Gasteiger partial charge in [0.25, 0.3) is 5.91 Å². The molecule has 3 heterocycles. The number of aromatic nitrogens is 1. The number of fused-ring (bicyclic) bond motifs is 5. The highest BCUT2D eigenvalue weighted by molar-refractivity contribution is 6.05. The number of hydrogen-bond donors (Lipinski definition) is 1. The first kappa shape index (κ1) is 18.6. The Bertz CT molecular complexity index is 1200. The molecule has 0 aliphatic carbocycles. The average Bonchev–Trinajstić information content (AvgIpc) is 3.21. The van der Waals surface area contributed by atoms with E-state index in [9.17, 15) is 14.4 Å². The van der Waals surface area contributed by atoms with Crippen LogP contribution in [0.15, 0.2) is 48.5 Å². The van der Waals surface area contributed by atoms with Gasteiger partial charge in [-0.05, 0) is 23.6 Å². The first-order valence-corrected chi connectivity index (χ1v) is 9.92. The number of hydrogen-bond acceptors (Lipinski definition) is 4. The normalized spacial score (nSPS) is 18.1. The topological polar surface area (TPSA) is 82.8 Å². The number of carbonyl (C=O) groups is 3. The molecule has 1 N–H and O–H groups in total. The van der Waals surface area contributed by atoms with Gasteiger partial charge in [-0.2, -0.15) is 0 Å². The van der Waals surface area contributed by atoms with E-state index in [1.807, 2.05) is 30.3 Å². The number of aliphatic hydroxyl groups is 1. The van der Waals surface area contributed by atoms with Crippen LogP contribution in [0.4, 0.5) is 4.79 Å². The first-order chi connectivity index (χ1) is 14.5. The van der Waals surface area contributed by atoms with Crippen molar-refractivity contribution < 1.29 is 19.5 Å². The molecule has 1 saturated heterocycles. The van der Waals surface area contributed by atoms with E-state index >= 15 is 0 Å². The van der Waals surface area contributed by atoms with Gasteiger partial charge >= 0.3 is 6.03 Å². The van der Waals surface area contributed by atoms with E-state index in [1.165, 1.54) is 11.9 Å². The van der Waals surface area contributed by atoms with Crippen LogP contribution < -0.4 is 0 Å². The summed E-state index contributed by atoms with van der Waals surface area (Å²) in [5.74, 6) is -0.520. The number of benzene rings is 2. The predicted molar refractivity (Wildman–Crippen MR) is 110 cm³/mol. The van der Waals surface area contributed by atoms with Crippen LogP contribution in [0, 0.1) is 0 Å². The van der Waals surface area contributed by atoms with E-state index in [1.54, 1.807) is 17.0 Å². The van der Waals surface area contributed by atoms with Gasteiger partial charge in [0.15, 0.2) is 11.8 Å². The Hall–Kier alpha value is -3.45. The Morgan fingerprint density at radius 1 is 1.10 bits per heavy atom. The molecule has 2 aliphatic heterocycles. The zero-order valence-electron chi connectivity index (χ0n) is 16.5. The SMILES string of the molecule is CN1C(=O)C2c3c(c4ccccc4n3Cc3ccc(C(=O)CO)cc3)CCN2C1=O. The summed E-state index contributed by atoms with van der Waals surface area (Å²) in [5.41, 5.74) is 4.45. The van der Waals surface area contributed by atoms with Crippen LogP contribution >= 0.6 is 0 Å². The van der Waals surface area contributed by atoms with Gasteiger partial charge in [0.1, 0.15) is 6.61 Å². The molecular weight excluding hydrogens is 382 g/mol. The van der Waals surface area contributed by atoms with Crippen molar-refractivity contribution in [2.45, 2.75) is 19.0 Å². The molecule has 2 aromatic carbocycles. The standard InChI is InChI=1S/C23H21N3O4/c1-24-22(29)21-20-17(10-11-25(21)23(24)30)16-4-2-3-5-18(16)26(20)12-14-6-8-15(9-7-14)19(28)13-27/h2-9,21,27H,10-13H2,1H3. The van der Waals surface area contributed by atoms with Gasteiger partial charge in [0.2, 0.25) is 0 Å². The molecule has 152 valence electrons. The third-order valence-corrected chi connectivity index (χ3v) is 6.15. The lowest BCUT2D eigenvalue weighted by Crippen LogP contribution is -2.36. The summed E-state index contributed by atoms with van der Waals surface area (Å²) < 4.78 is 2.12. The maximum Gasteiger partial charge on any atom is 0.327 e. The Morgan fingerprint density at radius 3 is 2.57 bits per heavy atom. The van der Waals surface area contributed by atoms with Crippen LogP contribution in [0.1, 0.15) is 33.2 Å². The lowest BCUT2D eigenvalue weighted by atomic mass is 9.98. The number of urea groups is 1. The lowest BCUT2D eigenvalue weighted by Gasteiger charge is -2.29. The molecule has 30 heavy (non-hydrogen) atoms. The van der Waals surface area contributed by atoms with Gasteiger partial charge in [-0.15, -0.1) is 0 Å². The quantitative estimate of drug-likeness (QED) is 0.536. The number of para-hydroxylation sites is 1. The summed E-state index contributed by atoms with van der Waals surface area (Å²) in [6, 6.07) is 14.3. The number of imide groups is 1. The van der Waals surface area contributed by atoms with E-state index < -0.39 is 12.6 Å². The summed E-state index contributed by atoms with van der Waals surface area (Å²) in [6.07, 6.45) is 0.705. The van der Waals surface area contributed by atoms with Crippen LogP contribution in [0.5, 0.6) is 0 Å². The van der Waals surface area contributed by atoms with E-state index in [0.29, 0.717) is 25.1 Å². The Labute approximate surface area is 173 Å². The Morgan fingerprint density at radius 2 is 1.83 bits per heavy atom. The van der Waals surface area contributed by atoms with Gasteiger partial charge in [0, 0.05) is 36.6 Å². The average molecular weight is 403 g/mol. The van der Waals surface area contributed by atoms with E-state index in [-0.39, 0.29) is 17.7 Å². The smallest absolute Gasteiger partial charge is 0.327 e. The molecule has 3 aromatic rings. The van der Waals surface area contributed by atoms with Crippen LogP contribution in [-0.4, -0.2) is 57.4 Å². The van der Waals surface area contributed by atoms with Crippen molar-refractivity contribution in [3.63, 3.8) is 0 Å². The molecule has 1 fully saturated rings. The van der Waals surface area contributed by atoms with Crippen molar-refractivity contribution in [3.8, 4) is 0 Å². The van der Waals surface area contributed by atoms with Gasteiger partial charge in [-0.25, -0.2) is 4.79 Å². The Kier molecular flexibility index (Phi) is 4.22. The summed E-state index contributed by atoms with van der Waals surface area (Å²) in [7, 11) is 1.53. The van der Waals surface area contributed by atoms with Gasteiger partial charge in [-0.1, -0.05) is 42.5 Å². The van der Waals surface area contributed by atoms with Crippen molar-refractivity contribution in [2.24, 2.45) is 0 Å². The molecule has 7 nitrogen and oxygen atoms in total. The molecule has 0 radical (unpaired) electrons. The second-order valence-corrected chi connectivity index (χ2v) is 7.77. The molecule has 0 bridgehead atoms. The number of carbonyl (C=O) groups excluding carboxylic acids is 3. The largest absolute Gasteiger partial charge is 0.388 e. The highest BCUT2D eigenvalue weighted by Crippen LogP contribution is 2.41. The zero-order chi connectivity index (χ0) is 21.0. The molecule has 1 atom stereocenters. The monoisotopic (exact) mass is 403 g/mol. The number of Topliss-reactive ketones (excluding diaryl/α,β-unsaturated/α-hetero) is 1. The number of aliphatic hydroxyl groups excluding tert-OH is 1. The van der Waals surface area contributed by atoms with E-state index in [0.717, 1.165) is 27.7 Å². The molecule has 5 rings (SSSR count). The van der Waals surface area contributed by atoms with Crippen molar-refractivity contribution in [1.29, 1.82) is 0 Å². The molecule has 7 heteroatoms. The predicted octanol–water partition coefficient (Wildman–Crippen LogP) is 2.36. The van der Waals surface area contributed by atoms with E-state index in [4.69, 9.17) is 5.11 Å². The second-order valence-electron chi connectivity index (χ2n) is 7.77. The summed E-state index contributed by atoms with van der Waals surface area (Å²) in [6.45, 7) is 0.522. The van der Waals surface area contributed by atoms with Crippen LogP contribution in [0.25, 0.3) is 10.9 Å². The highest BCUT2D eigenvalue weighted by atomic mass is 16.3. The molecule has 0 saturated carbocycles. The fourth-order valence-electron chi connectivity index (χ4n) is 4.65. The fourth-order valence-corrected chi connectivity index (χ4v) is 4.65. The van der Waals surface area contributed by atoms with Crippen LogP contribution in [-0.2, 0) is 17.8 Å². The second kappa shape index (κ2) is 6.81. The minimum absolute atomic E-state index is 0.200. The van der Waals surface area contributed by atoms with Crippen LogP contribution in [0.2, 0.25) is 0 Å². The van der Waals surface area contributed by atoms with Crippen LogP contribution in [0.3, 0.4) is 0 Å². The maximum absolute atomic E-state index is 12.9. The number of amides is 3. The van der Waals surface area contributed by atoms with E-state index in [2.05, 4.69) is 10.6 Å². The summed E-state index contributed by atoms with van der Waals surface area (Å²) >= 11 is 0. The molecular formula is C23H21N3O4.